The zero-order valence-electron chi connectivity index (χ0n) is 13.9. The van der Waals surface area contributed by atoms with E-state index in [-0.39, 0.29) is 36.6 Å². The molecular weight excluding hydrogens is 308 g/mol. The van der Waals surface area contributed by atoms with Crippen molar-refractivity contribution in [2.75, 3.05) is 13.1 Å². The maximum absolute atomic E-state index is 12.5. The summed E-state index contributed by atoms with van der Waals surface area (Å²) >= 11 is 0. The van der Waals surface area contributed by atoms with Crippen LogP contribution in [0.4, 0.5) is 0 Å². The smallest absolute Gasteiger partial charge is 0.303 e. The minimum Gasteiger partial charge on any atom is -0.481 e. The number of likely N-dealkylation sites (tertiary alicyclic amines) is 1. The second-order valence-corrected chi connectivity index (χ2v) is 6.16. The summed E-state index contributed by atoms with van der Waals surface area (Å²) in [6, 6.07) is 9.41. The number of carboxylic acids is 1. The highest BCUT2D eigenvalue weighted by Gasteiger charge is 2.34. The van der Waals surface area contributed by atoms with E-state index in [0.717, 1.165) is 5.56 Å². The molecule has 6 heteroatoms. The van der Waals surface area contributed by atoms with Gasteiger partial charge < -0.3 is 15.3 Å². The SMILES string of the molecule is CCN1CC(C(=O)NC(CCC(=O)O)Cc2ccccc2)CC1=O. The number of carbonyl (C=O) groups excluding carboxylic acids is 2. The zero-order valence-corrected chi connectivity index (χ0v) is 13.9. The molecule has 2 rings (SSSR count). The van der Waals surface area contributed by atoms with E-state index in [0.29, 0.717) is 25.9 Å². The van der Waals surface area contributed by atoms with Gasteiger partial charge in [0.25, 0.3) is 0 Å². The third-order valence-electron chi connectivity index (χ3n) is 4.34. The Morgan fingerprint density at radius 2 is 2.04 bits per heavy atom. The summed E-state index contributed by atoms with van der Waals surface area (Å²) in [5, 5.41) is 11.9. The molecule has 2 amide bonds. The van der Waals surface area contributed by atoms with Gasteiger partial charge in [0.15, 0.2) is 0 Å². The maximum atomic E-state index is 12.5. The summed E-state index contributed by atoms with van der Waals surface area (Å²) < 4.78 is 0. The van der Waals surface area contributed by atoms with E-state index in [1.807, 2.05) is 37.3 Å². The molecule has 2 atom stereocenters. The number of rotatable bonds is 8. The van der Waals surface area contributed by atoms with Crippen LogP contribution in [0.1, 0.15) is 31.7 Å². The number of carboxylic acid groups (broad SMARTS) is 1. The number of hydrogen-bond acceptors (Lipinski definition) is 3. The Labute approximate surface area is 141 Å². The molecule has 24 heavy (non-hydrogen) atoms. The number of nitrogens with zero attached hydrogens (tertiary/aromatic N) is 1. The summed E-state index contributed by atoms with van der Waals surface area (Å²) in [5.74, 6) is -1.38. The topological polar surface area (TPSA) is 86.7 Å². The van der Waals surface area contributed by atoms with Gasteiger partial charge in [-0.15, -0.1) is 0 Å². The van der Waals surface area contributed by atoms with Crippen LogP contribution in [0, 0.1) is 5.92 Å². The predicted molar refractivity (Wildman–Crippen MR) is 89.3 cm³/mol. The molecule has 0 aromatic heterocycles. The second kappa shape index (κ2) is 8.47. The average molecular weight is 332 g/mol. The third-order valence-corrected chi connectivity index (χ3v) is 4.34. The van der Waals surface area contributed by atoms with Crippen molar-refractivity contribution in [1.82, 2.24) is 10.2 Å². The number of aliphatic carboxylic acids is 1. The molecule has 1 aromatic carbocycles. The van der Waals surface area contributed by atoms with Crippen LogP contribution in [0.15, 0.2) is 30.3 Å². The summed E-state index contributed by atoms with van der Waals surface area (Å²) in [7, 11) is 0. The zero-order chi connectivity index (χ0) is 17.5. The Balaban J connectivity index is 1.97. The molecule has 0 bridgehead atoms. The molecule has 1 heterocycles. The molecule has 1 saturated heterocycles. The van der Waals surface area contributed by atoms with E-state index in [1.54, 1.807) is 4.90 Å². The van der Waals surface area contributed by atoms with Gasteiger partial charge in [-0.25, -0.2) is 0 Å². The maximum Gasteiger partial charge on any atom is 0.303 e. The summed E-state index contributed by atoms with van der Waals surface area (Å²) in [5.41, 5.74) is 1.05. The lowest BCUT2D eigenvalue weighted by atomic mass is 10.00. The first-order valence-corrected chi connectivity index (χ1v) is 8.33. The molecule has 0 radical (unpaired) electrons. The first kappa shape index (κ1) is 18.0. The van der Waals surface area contributed by atoms with E-state index in [4.69, 9.17) is 5.11 Å². The van der Waals surface area contributed by atoms with E-state index >= 15 is 0 Å². The Morgan fingerprint density at radius 1 is 1.33 bits per heavy atom. The van der Waals surface area contributed by atoms with Crippen LogP contribution in [0.5, 0.6) is 0 Å². The molecule has 1 aromatic rings. The van der Waals surface area contributed by atoms with Gasteiger partial charge in [0.2, 0.25) is 11.8 Å². The lowest BCUT2D eigenvalue weighted by molar-refractivity contribution is -0.137. The second-order valence-electron chi connectivity index (χ2n) is 6.16. The van der Waals surface area contributed by atoms with Crippen molar-refractivity contribution in [2.45, 2.75) is 38.6 Å². The molecular formula is C18H24N2O4. The van der Waals surface area contributed by atoms with Gasteiger partial charge in [-0.3, -0.25) is 14.4 Å². The van der Waals surface area contributed by atoms with Crippen LogP contribution < -0.4 is 5.32 Å². The van der Waals surface area contributed by atoms with Crippen LogP contribution in [0.25, 0.3) is 0 Å². The molecule has 0 aliphatic carbocycles. The van der Waals surface area contributed by atoms with Gasteiger partial charge in [0.1, 0.15) is 0 Å². The monoisotopic (exact) mass is 332 g/mol. The molecule has 6 nitrogen and oxygen atoms in total. The fourth-order valence-corrected chi connectivity index (χ4v) is 2.99. The normalized spacial score (nSPS) is 18.5. The predicted octanol–water partition coefficient (Wildman–Crippen LogP) is 1.45. The first-order valence-electron chi connectivity index (χ1n) is 8.33. The van der Waals surface area contributed by atoms with Gasteiger partial charge in [-0.2, -0.15) is 0 Å². The van der Waals surface area contributed by atoms with Gasteiger partial charge in [0, 0.05) is 32.0 Å². The van der Waals surface area contributed by atoms with Gasteiger partial charge in [0.05, 0.1) is 5.92 Å². The highest BCUT2D eigenvalue weighted by molar-refractivity contribution is 5.89. The summed E-state index contributed by atoms with van der Waals surface area (Å²) in [4.78, 5) is 36.8. The molecule has 1 fully saturated rings. The van der Waals surface area contributed by atoms with Crippen molar-refractivity contribution in [2.24, 2.45) is 5.92 Å². The third kappa shape index (κ3) is 5.08. The molecule has 130 valence electrons. The van der Waals surface area contributed by atoms with Gasteiger partial charge in [-0.05, 0) is 25.3 Å². The van der Waals surface area contributed by atoms with Crippen LogP contribution >= 0.6 is 0 Å². The van der Waals surface area contributed by atoms with Gasteiger partial charge in [-0.1, -0.05) is 30.3 Å². The van der Waals surface area contributed by atoms with E-state index in [9.17, 15) is 14.4 Å². The largest absolute Gasteiger partial charge is 0.481 e. The Morgan fingerprint density at radius 3 is 2.62 bits per heavy atom. The molecule has 1 aliphatic rings. The van der Waals surface area contributed by atoms with Crippen LogP contribution in [-0.2, 0) is 20.8 Å². The van der Waals surface area contributed by atoms with E-state index in [2.05, 4.69) is 5.32 Å². The summed E-state index contributed by atoms with van der Waals surface area (Å²) in [6.45, 7) is 2.94. The van der Waals surface area contributed by atoms with Crippen LogP contribution in [0.3, 0.4) is 0 Å². The number of hydrogen-bond donors (Lipinski definition) is 2. The number of amides is 2. The molecule has 0 spiro atoms. The number of carbonyl (C=O) groups is 3. The molecule has 0 saturated carbocycles. The highest BCUT2D eigenvalue weighted by atomic mass is 16.4. The van der Waals surface area contributed by atoms with E-state index in [1.165, 1.54) is 0 Å². The number of nitrogens with one attached hydrogen (secondary N) is 1. The summed E-state index contributed by atoms with van der Waals surface area (Å²) in [6.07, 6.45) is 1.19. The van der Waals surface area contributed by atoms with E-state index < -0.39 is 5.97 Å². The fourth-order valence-electron chi connectivity index (χ4n) is 2.99. The van der Waals surface area contributed by atoms with Gasteiger partial charge >= 0.3 is 5.97 Å². The van der Waals surface area contributed by atoms with Crippen molar-refractivity contribution >= 4 is 17.8 Å². The highest BCUT2D eigenvalue weighted by Crippen LogP contribution is 2.18. The standard InChI is InChI=1S/C18H24N2O4/c1-2-20-12-14(11-16(20)21)18(24)19-15(8-9-17(22)23)10-13-6-4-3-5-7-13/h3-7,14-15H,2,8-12H2,1H3,(H,19,24)(H,22,23). The lowest BCUT2D eigenvalue weighted by Crippen LogP contribution is -2.41. The molecule has 2 N–H and O–H groups in total. The lowest BCUT2D eigenvalue weighted by Gasteiger charge is -2.20. The number of benzene rings is 1. The van der Waals surface area contributed by atoms with Crippen molar-refractivity contribution in [3.8, 4) is 0 Å². The minimum atomic E-state index is -0.879. The van der Waals surface area contributed by atoms with Crippen LogP contribution in [-0.4, -0.2) is 46.9 Å². The van der Waals surface area contributed by atoms with Crippen molar-refractivity contribution < 1.29 is 19.5 Å². The fraction of sp³-hybridized carbons (Fsp3) is 0.500. The van der Waals surface area contributed by atoms with Crippen LogP contribution in [0.2, 0.25) is 0 Å². The van der Waals surface area contributed by atoms with Crippen molar-refractivity contribution in [3.63, 3.8) is 0 Å². The molecule has 2 unspecified atom stereocenters. The average Bonchev–Trinajstić information content (AvgIpc) is 2.94. The van der Waals surface area contributed by atoms with Crippen molar-refractivity contribution in [3.05, 3.63) is 35.9 Å². The Bertz CT molecular complexity index is 588. The van der Waals surface area contributed by atoms with Crippen molar-refractivity contribution in [1.29, 1.82) is 0 Å². The first-order chi connectivity index (χ1) is 11.5. The molecule has 1 aliphatic heterocycles. The quantitative estimate of drug-likeness (QED) is 0.754. The Hall–Kier alpha value is -2.37. The Kier molecular flexibility index (Phi) is 6.35. The minimum absolute atomic E-state index is 0.00244.